The quantitative estimate of drug-likeness (QED) is 0.782. The molecule has 4 heterocycles. The molecule has 0 N–H and O–H groups in total. The van der Waals surface area contributed by atoms with Crippen LogP contribution >= 0.6 is 0 Å². The first-order chi connectivity index (χ1) is 14.5. The second kappa shape index (κ2) is 7.52. The molecular formula is C23H27FN4O2. The fourth-order valence-corrected chi connectivity index (χ4v) is 5.85. The van der Waals surface area contributed by atoms with E-state index in [9.17, 15) is 14.0 Å². The summed E-state index contributed by atoms with van der Waals surface area (Å²) < 4.78 is 15.4. The number of hydrogen-bond acceptors (Lipinski definition) is 3. The third-order valence-electron chi connectivity index (χ3n) is 7.16. The minimum atomic E-state index is -0.251. The van der Waals surface area contributed by atoms with Gasteiger partial charge in [-0.05, 0) is 61.3 Å². The van der Waals surface area contributed by atoms with Crippen LogP contribution in [0, 0.1) is 17.7 Å². The molecule has 3 saturated heterocycles. The molecule has 1 aromatic carbocycles. The van der Waals surface area contributed by atoms with Crippen LogP contribution in [0.1, 0.15) is 41.7 Å². The second-order valence-electron chi connectivity index (χ2n) is 8.97. The van der Waals surface area contributed by atoms with Crippen molar-refractivity contribution in [3.63, 3.8) is 0 Å². The highest BCUT2D eigenvalue weighted by molar-refractivity contribution is 5.92. The Morgan fingerprint density at radius 3 is 2.83 bits per heavy atom. The molecule has 1 aromatic heterocycles. The van der Waals surface area contributed by atoms with Crippen LogP contribution in [0.25, 0.3) is 0 Å². The summed E-state index contributed by atoms with van der Waals surface area (Å²) in [5.74, 6) is 0.467. The van der Waals surface area contributed by atoms with E-state index in [0.29, 0.717) is 37.5 Å². The van der Waals surface area contributed by atoms with Gasteiger partial charge in [0.15, 0.2) is 0 Å². The van der Waals surface area contributed by atoms with Gasteiger partial charge in [-0.2, -0.15) is 5.10 Å². The minimum absolute atomic E-state index is 0.00277. The van der Waals surface area contributed by atoms with Crippen molar-refractivity contribution in [2.75, 3.05) is 13.1 Å². The van der Waals surface area contributed by atoms with Gasteiger partial charge in [0, 0.05) is 44.8 Å². The van der Waals surface area contributed by atoms with Crippen molar-refractivity contribution in [3.8, 4) is 0 Å². The SMILES string of the molecule is Cn1nccc1C(=O)N1C[C@H]2C[C@@H](C1)[C@H](Cc1cccc(F)c1)N1C(=O)CCC[C@@H]21. The normalized spacial score (nSPS) is 28.4. The van der Waals surface area contributed by atoms with Crippen LogP contribution in [0.3, 0.4) is 0 Å². The van der Waals surface area contributed by atoms with E-state index >= 15 is 0 Å². The molecule has 2 amide bonds. The zero-order valence-electron chi connectivity index (χ0n) is 17.2. The number of piperidine rings is 3. The van der Waals surface area contributed by atoms with Crippen molar-refractivity contribution in [3.05, 3.63) is 53.6 Å². The van der Waals surface area contributed by atoms with Crippen LogP contribution in [0.4, 0.5) is 4.39 Å². The number of aryl methyl sites for hydroxylation is 1. The Labute approximate surface area is 175 Å². The van der Waals surface area contributed by atoms with E-state index in [4.69, 9.17) is 0 Å². The summed E-state index contributed by atoms with van der Waals surface area (Å²) in [6.45, 7) is 1.30. The first kappa shape index (κ1) is 19.3. The number of likely N-dealkylation sites (tertiary alicyclic amines) is 1. The van der Waals surface area contributed by atoms with E-state index in [1.165, 1.54) is 6.07 Å². The van der Waals surface area contributed by atoms with Crippen molar-refractivity contribution in [2.24, 2.45) is 18.9 Å². The molecule has 3 aliphatic heterocycles. The molecule has 30 heavy (non-hydrogen) atoms. The molecule has 4 atom stereocenters. The molecule has 158 valence electrons. The summed E-state index contributed by atoms with van der Waals surface area (Å²) >= 11 is 0. The lowest BCUT2D eigenvalue weighted by atomic mass is 9.70. The molecule has 0 saturated carbocycles. The lowest BCUT2D eigenvalue weighted by Gasteiger charge is -2.56. The first-order valence-electron chi connectivity index (χ1n) is 10.8. The summed E-state index contributed by atoms with van der Waals surface area (Å²) in [6.07, 6.45) is 5.77. The third kappa shape index (κ3) is 3.30. The molecule has 7 heteroatoms. The Balaban J connectivity index is 1.45. The van der Waals surface area contributed by atoms with Crippen LogP contribution in [0.2, 0.25) is 0 Å². The Kier molecular flexibility index (Phi) is 4.83. The van der Waals surface area contributed by atoms with Gasteiger partial charge in [0.1, 0.15) is 11.5 Å². The third-order valence-corrected chi connectivity index (χ3v) is 7.16. The molecule has 6 nitrogen and oxygen atoms in total. The van der Waals surface area contributed by atoms with Crippen LogP contribution < -0.4 is 0 Å². The van der Waals surface area contributed by atoms with E-state index in [2.05, 4.69) is 10.00 Å². The van der Waals surface area contributed by atoms with E-state index in [0.717, 1.165) is 24.8 Å². The van der Waals surface area contributed by atoms with E-state index < -0.39 is 0 Å². The number of amides is 2. The predicted octanol–water partition coefficient (Wildman–Crippen LogP) is 2.64. The van der Waals surface area contributed by atoms with Crippen molar-refractivity contribution >= 4 is 11.8 Å². The summed E-state index contributed by atoms with van der Waals surface area (Å²) in [4.78, 5) is 30.2. The zero-order chi connectivity index (χ0) is 20.8. The van der Waals surface area contributed by atoms with E-state index in [1.54, 1.807) is 36.1 Å². The monoisotopic (exact) mass is 410 g/mol. The lowest BCUT2D eigenvalue weighted by Crippen LogP contribution is -2.66. The van der Waals surface area contributed by atoms with Crippen molar-refractivity contribution in [1.29, 1.82) is 0 Å². The molecule has 2 aromatic rings. The van der Waals surface area contributed by atoms with Crippen LogP contribution in [-0.2, 0) is 18.3 Å². The highest BCUT2D eigenvalue weighted by Gasteiger charge is 2.50. The van der Waals surface area contributed by atoms with Crippen LogP contribution in [0.5, 0.6) is 0 Å². The molecule has 3 aliphatic rings. The largest absolute Gasteiger partial charge is 0.337 e. The van der Waals surface area contributed by atoms with Crippen LogP contribution in [0.15, 0.2) is 36.5 Å². The smallest absolute Gasteiger partial charge is 0.272 e. The minimum Gasteiger partial charge on any atom is -0.337 e. The second-order valence-corrected chi connectivity index (χ2v) is 8.97. The standard InChI is InChI=1S/C23H27FN4O2/c1-26-20(8-9-25-26)23(30)27-13-16-12-17(14-27)21(11-15-4-2-5-18(24)10-15)28-19(16)6-3-7-22(28)29/h2,4-5,8-10,16-17,19,21H,3,6-7,11-14H2,1H3/t16-,17+,19+,21+/m1/s1. The molecule has 0 radical (unpaired) electrons. The number of rotatable bonds is 3. The maximum Gasteiger partial charge on any atom is 0.272 e. The number of fused-ring (bicyclic) bond motifs is 4. The highest BCUT2D eigenvalue weighted by atomic mass is 19.1. The number of carbonyl (C=O) groups is 2. The number of carbonyl (C=O) groups excluding carboxylic acids is 2. The molecular weight excluding hydrogens is 383 g/mol. The number of hydrogen-bond donors (Lipinski definition) is 0. The highest BCUT2D eigenvalue weighted by Crippen LogP contribution is 2.42. The van der Waals surface area contributed by atoms with Crippen molar-refractivity contribution < 1.29 is 14.0 Å². The van der Waals surface area contributed by atoms with Crippen molar-refractivity contribution in [1.82, 2.24) is 19.6 Å². The van der Waals surface area contributed by atoms with Gasteiger partial charge in [-0.15, -0.1) is 0 Å². The Morgan fingerprint density at radius 2 is 2.07 bits per heavy atom. The molecule has 0 unspecified atom stereocenters. The Hall–Kier alpha value is -2.70. The van der Waals surface area contributed by atoms with Gasteiger partial charge in [0.05, 0.1) is 0 Å². The Morgan fingerprint density at radius 1 is 1.23 bits per heavy atom. The number of aromatic nitrogens is 2. The lowest BCUT2D eigenvalue weighted by molar-refractivity contribution is -0.151. The fraction of sp³-hybridized carbons (Fsp3) is 0.522. The van der Waals surface area contributed by atoms with Crippen molar-refractivity contribution in [2.45, 2.75) is 44.2 Å². The van der Waals surface area contributed by atoms with Crippen LogP contribution in [-0.4, -0.2) is 56.6 Å². The number of benzene rings is 1. The number of nitrogens with zero attached hydrogens (tertiary/aromatic N) is 4. The Bertz CT molecular complexity index is 974. The van der Waals surface area contributed by atoms with Gasteiger partial charge in [0.2, 0.25) is 5.91 Å². The molecule has 0 aliphatic carbocycles. The van der Waals surface area contributed by atoms with Gasteiger partial charge < -0.3 is 9.80 Å². The summed E-state index contributed by atoms with van der Waals surface area (Å²) in [5.41, 5.74) is 1.50. The van der Waals surface area contributed by atoms with Gasteiger partial charge in [-0.25, -0.2) is 4.39 Å². The van der Waals surface area contributed by atoms with Gasteiger partial charge >= 0.3 is 0 Å². The number of halogens is 1. The molecule has 5 rings (SSSR count). The van der Waals surface area contributed by atoms with E-state index in [1.807, 2.05) is 11.0 Å². The van der Waals surface area contributed by atoms with Gasteiger partial charge in [-0.1, -0.05) is 12.1 Å². The fourth-order valence-electron chi connectivity index (χ4n) is 5.85. The summed E-state index contributed by atoms with van der Waals surface area (Å²) in [7, 11) is 1.78. The molecule has 0 spiro atoms. The average Bonchev–Trinajstić information content (AvgIpc) is 3.16. The topological polar surface area (TPSA) is 58.4 Å². The van der Waals surface area contributed by atoms with Gasteiger partial charge in [0.25, 0.3) is 5.91 Å². The first-order valence-corrected chi connectivity index (χ1v) is 10.8. The maximum absolute atomic E-state index is 13.8. The van der Waals surface area contributed by atoms with E-state index in [-0.39, 0.29) is 35.6 Å². The molecule has 3 fully saturated rings. The summed E-state index contributed by atoms with van der Waals surface area (Å²) in [6, 6.07) is 8.60. The van der Waals surface area contributed by atoms with Gasteiger partial charge in [-0.3, -0.25) is 14.3 Å². The average molecular weight is 410 g/mol. The molecule has 2 bridgehead atoms. The maximum atomic E-state index is 13.8. The summed E-state index contributed by atoms with van der Waals surface area (Å²) in [5, 5.41) is 4.14. The zero-order valence-corrected chi connectivity index (χ0v) is 17.2. The predicted molar refractivity (Wildman–Crippen MR) is 109 cm³/mol.